The molecule has 18 heavy (non-hydrogen) atoms. The van der Waals surface area contributed by atoms with E-state index in [1.165, 1.54) is 6.33 Å². The molecular weight excluding hydrogens is 275 g/mol. The molecular formula is C11H14Cl2N4O. The van der Waals surface area contributed by atoms with E-state index in [2.05, 4.69) is 15.3 Å². The van der Waals surface area contributed by atoms with Crippen molar-refractivity contribution in [1.29, 1.82) is 0 Å². The molecule has 1 heterocycles. The molecule has 5 nitrogen and oxygen atoms in total. The molecule has 0 saturated heterocycles. The van der Waals surface area contributed by atoms with E-state index < -0.39 is 5.54 Å². The van der Waals surface area contributed by atoms with Gasteiger partial charge < -0.3 is 11.1 Å². The average molecular weight is 289 g/mol. The molecule has 0 radical (unpaired) electrons. The summed E-state index contributed by atoms with van der Waals surface area (Å²) in [5.41, 5.74) is 5.27. The van der Waals surface area contributed by atoms with Gasteiger partial charge in [-0.05, 0) is 12.8 Å². The highest BCUT2D eigenvalue weighted by atomic mass is 35.5. The van der Waals surface area contributed by atoms with Gasteiger partial charge in [-0.25, -0.2) is 9.97 Å². The van der Waals surface area contributed by atoms with Gasteiger partial charge >= 0.3 is 0 Å². The molecule has 98 valence electrons. The average Bonchev–Trinajstić information content (AvgIpc) is 2.36. The van der Waals surface area contributed by atoms with Gasteiger partial charge in [0.15, 0.2) is 11.0 Å². The first kappa shape index (κ1) is 13.5. The maximum absolute atomic E-state index is 12.2. The first-order valence-corrected chi connectivity index (χ1v) is 6.55. The highest BCUT2D eigenvalue weighted by Crippen LogP contribution is 2.29. The van der Waals surface area contributed by atoms with Crippen molar-refractivity contribution in [2.24, 2.45) is 5.73 Å². The number of aromatic nitrogens is 2. The van der Waals surface area contributed by atoms with Crippen LogP contribution in [0.5, 0.6) is 0 Å². The largest absolute Gasteiger partial charge is 0.317 e. The summed E-state index contributed by atoms with van der Waals surface area (Å²) in [5, 5.41) is 2.87. The summed E-state index contributed by atoms with van der Waals surface area (Å²) in [6.45, 7) is 0. The minimum absolute atomic E-state index is 0.108. The summed E-state index contributed by atoms with van der Waals surface area (Å²) in [6, 6.07) is 0. The molecule has 1 amide bonds. The molecule has 0 bridgehead atoms. The number of halogens is 2. The molecule has 0 atom stereocenters. The van der Waals surface area contributed by atoms with Crippen LogP contribution >= 0.6 is 23.2 Å². The Bertz CT molecular complexity index is 460. The maximum Gasteiger partial charge on any atom is 0.245 e. The third-order valence-electron chi connectivity index (χ3n) is 3.18. The normalized spacial score (nSPS) is 18.4. The second-order valence-corrected chi connectivity index (χ2v) is 5.23. The summed E-state index contributed by atoms with van der Waals surface area (Å²) >= 11 is 11.7. The van der Waals surface area contributed by atoms with E-state index in [9.17, 15) is 4.79 Å². The lowest BCUT2D eigenvalue weighted by Gasteiger charge is -2.31. The second-order valence-electron chi connectivity index (χ2n) is 4.50. The zero-order chi connectivity index (χ0) is 13.2. The summed E-state index contributed by atoms with van der Waals surface area (Å²) in [6.07, 6.45) is 5.63. The first-order valence-electron chi connectivity index (χ1n) is 5.79. The topological polar surface area (TPSA) is 80.9 Å². The second kappa shape index (κ2) is 5.38. The van der Waals surface area contributed by atoms with Crippen molar-refractivity contribution < 1.29 is 4.79 Å². The van der Waals surface area contributed by atoms with Crippen molar-refractivity contribution in [2.75, 3.05) is 5.32 Å². The standard InChI is InChI=1S/C11H14Cl2N4O/c12-7-8(13)15-6-16-9(7)17-10(18)11(14)4-2-1-3-5-11/h6H,1-5,14H2,(H,15,16,17,18). The molecule has 7 heteroatoms. The number of nitrogens with two attached hydrogens (primary N) is 1. The molecule has 1 aliphatic carbocycles. The van der Waals surface area contributed by atoms with Crippen LogP contribution in [0.4, 0.5) is 5.82 Å². The van der Waals surface area contributed by atoms with Gasteiger partial charge in [0.2, 0.25) is 5.91 Å². The first-order chi connectivity index (χ1) is 8.53. The molecule has 1 saturated carbocycles. The molecule has 1 fully saturated rings. The minimum Gasteiger partial charge on any atom is -0.317 e. The van der Waals surface area contributed by atoms with E-state index in [0.717, 1.165) is 19.3 Å². The van der Waals surface area contributed by atoms with E-state index in [-0.39, 0.29) is 21.9 Å². The summed E-state index contributed by atoms with van der Waals surface area (Å²) in [7, 11) is 0. The van der Waals surface area contributed by atoms with E-state index in [1.807, 2.05) is 0 Å². The monoisotopic (exact) mass is 288 g/mol. The van der Waals surface area contributed by atoms with Crippen LogP contribution in [-0.4, -0.2) is 21.4 Å². The molecule has 0 unspecified atom stereocenters. The lowest BCUT2D eigenvalue weighted by Crippen LogP contribution is -2.52. The highest BCUT2D eigenvalue weighted by molar-refractivity contribution is 6.43. The van der Waals surface area contributed by atoms with E-state index >= 15 is 0 Å². The Morgan fingerprint density at radius 3 is 2.61 bits per heavy atom. The van der Waals surface area contributed by atoms with E-state index in [1.54, 1.807) is 0 Å². The van der Waals surface area contributed by atoms with Gasteiger partial charge in [0, 0.05) is 0 Å². The minimum atomic E-state index is -0.834. The van der Waals surface area contributed by atoms with Crippen LogP contribution in [0.2, 0.25) is 10.2 Å². The van der Waals surface area contributed by atoms with Gasteiger partial charge in [0.1, 0.15) is 11.3 Å². The quantitative estimate of drug-likeness (QED) is 0.819. The van der Waals surface area contributed by atoms with Crippen LogP contribution in [0.3, 0.4) is 0 Å². The third kappa shape index (κ3) is 2.74. The Kier molecular flexibility index (Phi) is 4.04. The van der Waals surface area contributed by atoms with Gasteiger partial charge in [0.05, 0.1) is 5.54 Å². The zero-order valence-corrected chi connectivity index (χ0v) is 11.3. The Labute approximate surface area is 115 Å². The Hall–Kier alpha value is -0.910. The Balaban J connectivity index is 2.13. The van der Waals surface area contributed by atoms with Gasteiger partial charge in [0.25, 0.3) is 0 Å². The fraction of sp³-hybridized carbons (Fsp3) is 0.545. The van der Waals surface area contributed by atoms with Crippen molar-refractivity contribution in [2.45, 2.75) is 37.6 Å². The zero-order valence-electron chi connectivity index (χ0n) is 9.75. The van der Waals surface area contributed by atoms with Crippen LogP contribution in [0.1, 0.15) is 32.1 Å². The van der Waals surface area contributed by atoms with E-state index in [4.69, 9.17) is 28.9 Å². The Morgan fingerprint density at radius 2 is 1.94 bits per heavy atom. The number of carbonyl (C=O) groups is 1. The smallest absolute Gasteiger partial charge is 0.245 e. The van der Waals surface area contributed by atoms with Crippen molar-refractivity contribution in [1.82, 2.24) is 9.97 Å². The molecule has 3 N–H and O–H groups in total. The number of amides is 1. The van der Waals surface area contributed by atoms with Crippen LogP contribution < -0.4 is 11.1 Å². The maximum atomic E-state index is 12.2. The fourth-order valence-corrected chi connectivity index (χ4v) is 2.36. The van der Waals surface area contributed by atoms with Gasteiger partial charge in [-0.2, -0.15) is 0 Å². The Morgan fingerprint density at radius 1 is 1.28 bits per heavy atom. The number of carbonyl (C=O) groups excluding carboxylic acids is 1. The van der Waals surface area contributed by atoms with Crippen molar-refractivity contribution >= 4 is 34.9 Å². The molecule has 2 rings (SSSR count). The van der Waals surface area contributed by atoms with Gasteiger partial charge in [-0.15, -0.1) is 0 Å². The third-order valence-corrected chi connectivity index (χ3v) is 3.92. The predicted octanol–water partition coefficient (Wildman–Crippen LogP) is 2.38. The van der Waals surface area contributed by atoms with Crippen LogP contribution in [0.25, 0.3) is 0 Å². The number of nitrogens with one attached hydrogen (secondary N) is 1. The van der Waals surface area contributed by atoms with Gasteiger partial charge in [-0.3, -0.25) is 4.79 Å². The number of hydrogen-bond acceptors (Lipinski definition) is 4. The van der Waals surface area contributed by atoms with Crippen LogP contribution in [-0.2, 0) is 4.79 Å². The lowest BCUT2D eigenvalue weighted by molar-refractivity contribution is -0.122. The fourth-order valence-electron chi connectivity index (χ4n) is 2.08. The van der Waals surface area contributed by atoms with Crippen LogP contribution in [0.15, 0.2) is 6.33 Å². The molecule has 0 spiro atoms. The van der Waals surface area contributed by atoms with Crippen molar-refractivity contribution in [3.63, 3.8) is 0 Å². The molecule has 1 aromatic heterocycles. The molecule has 0 aliphatic heterocycles. The number of anilines is 1. The summed E-state index contributed by atoms with van der Waals surface area (Å²) < 4.78 is 0. The van der Waals surface area contributed by atoms with Crippen molar-refractivity contribution in [3.05, 3.63) is 16.5 Å². The molecule has 1 aromatic rings. The highest BCUT2D eigenvalue weighted by Gasteiger charge is 2.35. The van der Waals surface area contributed by atoms with E-state index in [0.29, 0.717) is 12.8 Å². The summed E-state index contributed by atoms with van der Waals surface area (Å²) in [5.74, 6) is -0.0593. The predicted molar refractivity (Wildman–Crippen MR) is 70.7 cm³/mol. The SMILES string of the molecule is NC1(C(=O)Nc2ncnc(Cl)c2Cl)CCCCC1. The number of hydrogen-bond donors (Lipinski definition) is 2. The number of nitrogens with zero attached hydrogens (tertiary/aromatic N) is 2. The molecule has 1 aliphatic rings. The summed E-state index contributed by atoms with van der Waals surface area (Å²) in [4.78, 5) is 19.8. The van der Waals surface area contributed by atoms with Crippen LogP contribution in [0, 0.1) is 0 Å². The van der Waals surface area contributed by atoms with Crippen molar-refractivity contribution in [3.8, 4) is 0 Å². The molecule has 0 aromatic carbocycles. The number of rotatable bonds is 2. The van der Waals surface area contributed by atoms with Gasteiger partial charge in [-0.1, -0.05) is 42.5 Å². The lowest BCUT2D eigenvalue weighted by atomic mass is 9.82.